The summed E-state index contributed by atoms with van der Waals surface area (Å²) in [6.45, 7) is 3.59. The lowest BCUT2D eigenvalue weighted by atomic mass is 10.1. The minimum atomic E-state index is -3.80. The zero-order valence-electron chi connectivity index (χ0n) is 20.9. The van der Waals surface area contributed by atoms with Gasteiger partial charge < -0.3 is 15.0 Å². The second-order valence-corrected chi connectivity index (χ2v) is 11.3. The summed E-state index contributed by atoms with van der Waals surface area (Å²) < 4.78 is 31.8. The van der Waals surface area contributed by atoms with Crippen molar-refractivity contribution < 1.29 is 22.7 Å². The molecule has 2 amide bonds. The fourth-order valence-corrected chi connectivity index (χ4v) is 5.32. The van der Waals surface area contributed by atoms with Crippen LogP contribution in [-0.2, 0) is 26.2 Å². The van der Waals surface area contributed by atoms with Crippen LogP contribution in [0.2, 0.25) is 5.02 Å². The molecule has 0 aliphatic heterocycles. The Morgan fingerprint density at radius 3 is 2.33 bits per heavy atom. The molecule has 0 bridgehead atoms. The van der Waals surface area contributed by atoms with Crippen LogP contribution in [0.25, 0.3) is 0 Å². The maximum absolute atomic E-state index is 13.6. The van der Waals surface area contributed by atoms with Crippen LogP contribution in [0.3, 0.4) is 0 Å². The Morgan fingerprint density at radius 2 is 1.75 bits per heavy atom. The first-order valence-corrected chi connectivity index (χ1v) is 14.4. The zero-order chi connectivity index (χ0) is 26.3. The first-order valence-electron chi connectivity index (χ1n) is 12.1. The van der Waals surface area contributed by atoms with Gasteiger partial charge in [-0.15, -0.1) is 0 Å². The number of ether oxygens (including phenoxy) is 1. The van der Waals surface area contributed by atoms with Gasteiger partial charge in [0.1, 0.15) is 18.3 Å². The van der Waals surface area contributed by atoms with Gasteiger partial charge in [0.25, 0.3) is 0 Å². The highest BCUT2D eigenvalue weighted by molar-refractivity contribution is 7.92. The van der Waals surface area contributed by atoms with Gasteiger partial charge in [-0.2, -0.15) is 0 Å². The van der Waals surface area contributed by atoms with E-state index >= 15 is 0 Å². The molecule has 1 aliphatic carbocycles. The van der Waals surface area contributed by atoms with E-state index in [4.69, 9.17) is 16.3 Å². The molecule has 36 heavy (non-hydrogen) atoms. The summed E-state index contributed by atoms with van der Waals surface area (Å²) in [6.07, 6.45) is 5.00. The lowest BCUT2D eigenvalue weighted by Gasteiger charge is -2.32. The molecule has 0 spiro atoms. The van der Waals surface area contributed by atoms with Gasteiger partial charge in [0.15, 0.2) is 0 Å². The van der Waals surface area contributed by atoms with E-state index in [1.807, 2.05) is 6.92 Å². The van der Waals surface area contributed by atoms with Gasteiger partial charge in [-0.05, 0) is 62.6 Å². The molecule has 3 rings (SSSR count). The molecule has 8 nitrogen and oxygen atoms in total. The summed E-state index contributed by atoms with van der Waals surface area (Å²) in [5.41, 5.74) is 0.995. The van der Waals surface area contributed by atoms with Gasteiger partial charge in [0.05, 0.1) is 18.6 Å². The zero-order valence-corrected chi connectivity index (χ0v) is 22.5. The van der Waals surface area contributed by atoms with Crippen molar-refractivity contribution in [2.75, 3.05) is 23.7 Å². The molecule has 1 N–H and O–H groups in total. The Kier molecular flexibility index (Phi) is 9.62. The summed E-state index contributed by atoms with van der Waals surface area (Å²) in [5.74, 6) is -0.184. The average molecular weight is 536 g/mol. The molecular weight excluding hydrogens is 502 g/mol. The molecule has 0 heterocycles. The standard InChI is InChI=1S/C26H34ClN3O5S/c1-4-35-23-15-13-22(14-16-23)30(36(3,33)34)18-25(31)29(17-20-9-5-8-12-24(20)27)19(2)26(32)28-21-10-6-7-11-21/h5,8-9,12-16,19,21H,4,6-7,10-11,17-18H2,1-3H3,(H,28,32)/t19-/m0/s1. The Labute approximate surface area is 218 Å². The number of nitrogens with zero attached hydrogens (tertiary/aromatic N) is 2. The SMILES string of the molecule is CCOc1ccc(N(CC(=O)N(Cc2ccccc2Cl)[C@@H](C)C(=O)NC2CCCC2)S(C)(=O)=O)cc1. The summed E-state index contributed by atoms with van der Waals surface area (Å²) in [6, 6.07) is 12.8. The predicted molar refractivity (Wildman–Crippen MR) is 142 cm³/mol. The van der Waals surface area contributed by atoms with Gasteiger partial charge in [0, 0.05) is 17.6 Å². The topological polar surface area (TPSA) is 96.0 Å². The molecule has 0 aromatic heterocycles. The molecule has 1 saturated carbocycles. The van der Waals surface area contributed by atoms with Gasteiger partial charge in [0.2, 0.25) is 21.8 Å². The highest BCUT2D eigenvalue weighted by atomic mass is 35.5. The van der Waals surface area contributed by atoms with Crippen molar-refractivity contribution in [2.45, 2.75) is 58.2 Å². The van der Waals surface area contributed by atoms with Gasteiger partial charge >= 0.3 is 0 Å². The van der Waals surface area contributed by atoms with Crippen molar-refractivity contribution in [3.8, 4) is 5.75 Å². The number of halogens is 1. The minimum Gasteiger partial charge on any atom is -0.494 e. The van der Waals surface area contributed by atoms with Crippen LogP contribution in [0, 0.1) is 0 Å². The molecule has 0 radical (unpaired) electrons. The summed E-state index contributed by atoms with van der Waals surface area (Å²) in [7, 11) is -3.80. The van der Waals surface area contributed by atoms with E-state index in [9.17, 15) is 18.0 Å². The molecule has 0 unspecified atom stereocenters. The quantitative estimate of drug-likeness (QED) is 0.469. The normalized spacial score (nSPS) is 14.8. The molecule has 2 aromatic carbocycles. The third-order valence-corrected chi connectivity index (χ3v) is 7.79. The van der Waals surface area contributed by atoms with Crippen molar-refractivity contribution in [2.24, 2.45) is 0 Å². The van der Waals surface area contributed by atoms with Crippen LogP contribution in [0.4, 0.5) is 5.69 Å². The number of sulfonamides is 1. The third-order valence-electron chi connectivity index (χ3n) is 6.28. The average Bonchev–Trinajstić information content (AvgIpc) is 3.34. The van der Waals surface area contributed by atoms with Crippen LogP contribution in [0.5, 0.6) is 5.75 Å². The second-order valence-electron chi connectivity index (χ2n) is 8.98. The lowest BCUT2D eigenvalue weighted by molar-refractivity contribution is -0.139. The largest absolute Gasteiger partial charge is 0.494 e. The number of benzene rings is 2. The van der Waals surface area contributed by atoms with Crippen molar-refractivity contribution in [1.29, 1.82) is 0 Å². The van der Waals surface area contributed by atoms with Gasteiger partial charge in [-0.1, -0.05) is 42.6 Å². The number of carbonyl (C=O) groups is 2. The molecule has 10 heteroatoms. The van der Waals surface area contributed by atoms with E-state index in [-0.39, 0.29) is 18.5 Å². The van der Waals surface area contributed by atoms with Crippen LogP contribution < -0.4 is 14.4 Å². The third kappa shape index (κ3) is 7.36. The van der Waals surface area contributed by atoms with Crippen molar-refractivity contribution in [1.82, 2.24) is 10.2 Å². The highest BCUT2D eigenvalue weighted by Gasteiger charge is 2.31. The lowest BCUT2D eigenvalue weighted by Crippen LogP contribution is -2.52. The van der Waals surface area contributed by atoms with Crippen LogP contribution in [0.1, 0.15) is 45.1 Å². The molecular formula is C26H34ClN3O5S. The number of nitrogens with one attached hydrogen (secondary N) is 1. The summed E-state index contributed by atoms with van der Waals surface area (Å²) in [4.78, 5) is 28.1. The highest BCUT2D eigenvalue weighted by Crippen LogP contribution is 2.24. The van der Waals surface area contributed by atoms with E-state index in [1.165, 1.54) is 4.90 Å². The van der Waals surface area contributed by atoms with E-state index in [0.29, 0.717) is 28.6 Å². The molecule has 196 valence electrons. The van der Waals surface area contributed by atoms with Gasteiger partial charge in [-0.25, -0.2) is 8.42 Å². The van der Waals surface area contributed by atoms with Crippen LogP contribution >= 0.6 is 11.6 Å². The number of hydrogen-bond acceptors (Lipinski definition) is 5. The second kappa shape index (κ2) is 12.5. The number of amides is 2. The predicted octanol–water partition coefficient (Wildman–Crippen LogP) is 3.98. The smallest absolute Gasteiger partial charge is 0.244 e. The monoisotopic (exact) mass is 535 g/mol. The Bertz CT molecular complexity index is 1150. The molecule has 2 aromatic rings. The summed E-state index contributed by atoms with van der Waals surface area (Å²) in [5, 5.41) is 3.50. The number of anilines is 1. The molecule has 1 fully saturated rings. The minimum absolute atomic E-state index is 0.0681. The molecule has 1 atom stereocenters. The number of hydrogen-bond donors (Lipinski definition) is 1. The first-order chi connectivity index (χ1) is 17.1. The first kappa shape index (κ1) is 27.8. The van der Waals surface area contributed by atoms with E-state index < -0.39 is 28.5 Å². The van der Waals surface area contributed by atoms with Crippen LogP contribution in [0.15, 0.2) is 48.5 Å². The molecule has 0 saturated heterocycles. The number of rotatable bonds is 11. The van der Waals surface area contributed by atoms with Gasteiger partial charge in [-0.3, -0.25) is 13.9 Å². The van der Waals surface area contributed by atoms with Crippen molar-refractivity contribution in [3.63, 3.8) is 0 Å². The Morgan fingerprint density at radius 1 is 1.11 bits per heavy atom. The van der Waals surface area contributed by atoms with Crippen LogP contribution in [-0.4, -0.2) is 56.6 Å². The maximum Gasteiger partial charge on any atom is 0.244 e. The maximum atomic E-state index is 13.6. The van der Waals surface area contributed by atoms with E-state index in [1.54, 1.807) is 55.5 Å². The fourth-order valence-electron chi connectivity index (χ4n) is 4.27. The van der Waals surface area contributed by atoms with E-state index in [0.717, 1.165) is 36.2 Å². The fraction of sp³-hybridized carbons (Fsp3) is 0.462. The molecule has 1 aliphatic rings. The number of carbonyl (C=O) groups excluding carboxylic acids is 2. The van der Waals surface area contributed by atoms with Crippen molar-refractivity contribution in [3.05, 3.63) is 59.1 Å². The van der Waals surface area contributed by atoms with Crippen molar-refractivity contribution >= 4 is 39.1 Å². The Balaban J connectivity index is 1.87. The Hall–Kier alpha value is -2.78. The van der Waals surface area contributed by atoms with E-state index in [2.05, 4.69) is 5.32 Å². The summed E-state index contributed by atoms with van der Waals surface area (Å²) >= 11 is 6.35.